The Balaban J connectivity index is 2.76. The number of esters is 2. The van der Waals surface area contributed by atoms with Gasteiger partial charge in [-0.15, -0.1) is 0 Å². The highest BCUT2D eigenvalue weighted by atomic mass is 16.6. The largest absolute Gasteiger partial charge is 0.761 e. The van der Waals surface area contributed by atoms with Gasteiger partial charge in [-0.05, 0) is 72.2 Å². The van der Waals surface area contributed by atoms with Crippen molar-refractivity contribution >= 4 is 23.7 Å². The molecule has 0 saturated carbocycles. The van der Waals surface area contributed by atoms with Crippen molar-refractivity contribution in [3.63, 3.8) is 0 Å². The predicted octanol–water partition coefficient (Wildman–Crippen LogP) is 3.52. The van der Waals surface area contributed by atoms with Gasteiger partial charge in [-0.25, -0.2) is 9.59 Å². The zero-order valence-corrected chi connectivity index (χ0v) is 17.7. The summed E-state index contributed by atoms with van der Waals surface area (Å²) in [6.45, 7) is 10.3. The van der Waals surface area contributed by atoms with E-state index in [2.05, 4.69) is 5.32 Å². The molecule has 29 heavy (non-hydrogen) atoms. The first-order chi connectivity index (χ1) is 13.3. The number of anilines is 1. The molecule has 2 N–H and O–H groups in total. The van der Waals surface area contributed by atoms with Crippen LogP contribution < -0.4 is 15.5 Å². The Morgan fingerprint density at radius 1 is 0.966 bits per heavy atom. The van der Waals surface area contributed by atoms with Crippen LogP contribution in [0.2, 0.25) is 0 Å². The number of hydrogen-bond acceptors (Lipinski definition) is 8. The molecule has 0 fully saturated rings. The summed E-state index contributed by atoms with van der Waals surface area (Å²) in [4.78, 5) is 36.6. The molecule has 0 aliphatic rings. The highest BCUT2D eigenvalue weighted by Gasteiger charge is 2.28. The summed E-state index contributed by atoms with van der Waals surface area (Å²) in [7, 11) is 0. The van der Waals surface area contributed by atoms with E-state index in [9.17, 15) is 19.6 Å². The first-order valence-electron chi connectivity index (χ1n) is 9.20. The van der Waals surface area contributed by atoms with Gasteiger partial charge in [0.15, 0.2) is 0 Å². The summed E-state index contributed by atoms with van der Waals surface area (Å²) in [5.41, 5.74) is 0.589. The van der Waals surface area contributed by atoms with Crippen molar-refractivity contribution in [2.24, 2.45) is 0 Å². The van der Waals surface area contributed by atoms with Crippen LogP contribution >= 0.6 is 0 Å². The van der Waals surface area contributed by atoms with Crippen LogP contribution in [0.25, 0.3) is 0 Å². The summed E-state index contributed by atoms with van der Waals surface area (Å²) in [6.07, 6.45) is -1.00. The maximum atomic E-state index is 12.4. The average Bonchev–Trinajstić information content (AvgIpc) is 2.56. The Hall–Kier alpha value is -2.81. The van der Waals surface area contributed by atoms with Crippen LogP contribution in [0.5, 0.6) is 5.75 Å². The van der Waals surface area contributed by atoms with E-state index in [4.69, 9.17) is 14.2 Å². The molecule has 1 aromatic carbocycles. The van der Waals surface area contributed by atoms with Gasteiger partial charge in [-0.3, -0.25) is 4.79 Å². The fourth-order valence-electron chi connectivity index (χ4n) is 2.15. The van der Waals surface area contributed by atoms with E-state index in [0.29, 0.717) is 5.69 Å². The summed E-state index contributed by atoms with van der Waals surface area (Å²) >= 11 is 0. The number of carbonyl (C=O) groups excluding carboxylic acids is 3. The van der Waals surface area contributed by atoms with Crippen molar-refractivity contribution in [2.45, 2.75) is 71.6 Å². The molecule has 0 aliphatic heterocycles. The first-order valence-corrected chi connectivity index (χ1v) is 9.20. The van der Waals surface area contributed by atoms with Crippen molar-refractivity contribution in [1.82, 2.24) is 5.32 Å². The van der Waals surface area contributed by atoms with E-state index >= 15 is 0 Å². The molecule has 9 heteroatoms. The number of hydrogen-bond donors (Lipinski definition) is 2. The van der Waals surface area contributed by atoms with Crippen molar-refractivity contribution < 1.29 is 28.6 Å². The van der Waals surface area contributed by atoms with Crippen molar-refractivity contribution in [3.8, 4) is 5.75 Å². The van der Waals surface area contributed by atoms with Crippen molar-refractivity contribution in [1.29, 1.82) is 0 Å². The Bertz CT molecular complexity index is 703. The fraction of sp³-hybridized carbons (Fsp3) is 0.550. The molecule has 1 atom stereocenters. The van der Waals surface area contributed by atoms with Gasteiger partial charge in [0.25, 0.3) is 0 Å². The van der Waals surface area contributed by atoms with Crippen molar-refractivity contribution in [2.75, 3.05) is 5.48 Å². The lowest BCUT2D eigenvalue weighted by molar-refractivity contribution is -0.158. The number of amides is 1. The number of rotatable bonds is 7. The van der Waals surface area contributed by atoms with Crippen LogP contribution in [0, 0.1) is 5.21 Å². The summed E-state index contributed by atoms with van der Waals surface area (Å²) in [6, 6.07) is 4.61. The minimum atomic E-state index is -1.10. The van der Waals surface area contributed by atoms with Gasteiger partial charge >= 0.3 is 18.0 Å². The SMILES string of the molecule is CC(C)(C)OC(=O)CC[C@H](NC(=O)Oc1ccc(N[O-])cc1)C(=O)OC(C)(C)C. The number of carbonyl (C=O) groups is 3. The molecule has 0 saturated heterocycles. The lowest BCUT2D eigenvalue weighted by atomic mass is 10.1. The lowest BCUT2D eigenvalue weighted by Crippen LogP contribution is -2.45. The fourth-order valence-corrected chi connectivity index (χ4v) is 2.15. The van der Waals surface area contributed by atoms with Crippen LogP contribution in [0.3, 0.4) is 0 Å². The Kier molecular flexibility index (Phi) is 8.44. The third-order valence-electron chi connectivity index (χ3n) is 3.22. The van der Waals surface area contributed by atoms with Crippen LogP contribution in [-0.4, -0.2) is 35.3 Å². The van der Waals surface area contributed by atoms with E-state index in [1.807, 2.05) is 0 Å². The normalized spacial score (nSPS) is 12.5. The molecule has 0 unspecified atom stereocenters. The van der Waals surface area contributed by atoms with Gasteiger partial charge in [0, 0.05) is 12.1 Å². The number of ether oxygens (including phenoxy) is 3. The third kappa shape index (κ3) is 10.3. The molecular formula is C20H29N2O7-. The smallest absolute Gasteiger partial charge is 0.413 e. The Morgan fingerprint density at radius 3 is 2.00 bits per heavy atom. The molecule has 0 radical (unpaired) electrons. The molecule has 0 bridgehead atoms. The maximum Gasteiger partial charge on any atom is 0.413 e. The summed E-state index contributed by atoms with van der Waals surface area (Å²) < 4.78 is 15.6. The molecule has 1 amide bonds. The van der Waals surface area contributed by atoms with Gasteiger partial charge < -0.3 is 30.2 Å². The minimum absolute atomic E-state index is 0.0159. The zero-order valence-electron chi connectivity index (χ0n) is 17.7. The van der Waals surface area contributed by atoms with E-state index < -0.39 is 35.3 Å². The Labute approximate surface area is 170 Å². The first kappa shape index (κ1) is 24.2. The van der Waals surface area contributed by atoms with E-state index in [1.54, 1.807) is 47.0 Å². The molecule has 1 aromatic rings. The molecular weight excluding hydrogens is 380 g/mol. The van der Waals surface area contributed by atoms with Crippen LogP contribution in [-0.2, 0) is 19.1 Å². The standard InChI is InChI=1S/C20H29N2O7/c1-19(2,3)28-16(23)12-11-15(17(24)29-20(4,5)6)21-18(25)27-14-9-7-13(22-26)8-10-14/h7-10,15,22H,11-12H2,1-6H3,(H,21,25)/q-1/t15-/m0/s1. The average molecular weight is 409 g/mol. The van der Waals surface area contributed by atoms with Gasteiger partial charge in [-0.1, -0.05) is 0 Å². The molecule has 9 nitrogen and oxygen atoms in total. The van der Waals surface area contributed by atoms with Gasteiger partial charge in [0.2, 0.25) is 0 Å². The molecule has 0 aromatic heterocycles. The zero-order chi connectivity index (χ0) is 22.2. The maximum absolute atomic E-state index is 12.4. The number of benzene rings is 1. The molecule has 162 valence electrons. The van der Waals surface area contributed by atoms with E-state index in [-0.39, 0.29) is 18.6 Å². The van der Waals surface area contributed by atoms with Crippen LogP contribution in [0.15, 0.2) is 24.3 Å². The predicted molar refractivity (Wildman–Crippen MR) is 107 cm³/mol. The Morgan fingerprint density at radius 2 is 1.52 bits per heavy atom. The second kappa shape index (κ2) is 10.1. The quantitative estimate of drug-likeness (QED) is 0.517. The van der Waals surface area contributed by atoms with Crippen LogP contribution in [0.1, 0.15) is 54.4 Å². The highest BCUT2D eigenvalue weighted by molar-refractivity contribution is 5.83. The summed E-state index contributed by atoms with van der Waals surface area (Å²) in [5, 5.41) is 13.0. The summed E-state index contributed by atoms with van der Waals surface area (Å²) in [5.74, 6) is -1.01. The van der Waals surface area contributed by atoms with E-state index in [0.717, 1.165) is 0 Å². The molecule has 1 rings (SSSR count). The molecule has 0 heterocycles. The number of nitrogens with one attached hydrogen (secondary N) is 2. The van der Waals surface area contributed by atoms with Gasteiger partial charge in [0.05, 0.1) is 0 Å². The van der Waals surface area contributed by atoms with Gasteiger partial charge in [-0.2, -0.15) is 0 Å². The van der Waals surface area contributed by atoms with Crippen LogP contribution in [0.4, 0.5) is 10.5 Å². The third-order valence-corrected chi connectivity index (χ3v) is 3.22. The second-order valence-corrected chi connectivity index (χ2v) is 8.37. The monoisotopic (exact) mass is 409 g/mol. The second-order valence-electron chi connectivity index (χ2n) is 8.37. The minimum Gasteiger partial charge on any atom is -0.761 e. The molecule has 0 aliphatic carbocycles. The molecule has 0 spiro atoms. The highest BCUT2D eigenvalue weighted by Crippen LogP contribution is 2.17. The van der Waals surface area contributed by atoms with E-state index in [1.165, 1.54) is 24.3 Å². The lowest BCUT2D eigenvalue weighted by Gasteiger charge is -2.25. The van der Waals surface area contributed by atoms with Crippen molar-refractivity contribution in [3.05, 3.63) is 29.5 Å². The topological polar surface area (TPSA) is 126 Å². The van der Waals surface area contributed by atoms with Gasteiger partial charge in [0.1, 0.15) is 23.0 Å².